The average molecular weight is 876 g/mol. The van der Waals surface area contributed by atoms with Gasteiger partial charge >= 0.3 is 0 Å². The van der Waals surface area contributed by atoms with Crippen LogP contribution < -0.4 is 5.32 Å². The number of unbranched alkanes of at least 4 members (excludes halogenated alkanes) is 30. The van der Waals surface area contributed by atoms with Gasteiger partial charge in [0, 0.05) is 6.42 Å². The van der Waals surface area contributed by atoms with E-state index in [1.54, 1.807) is 6.08 Å². The summed E-state index contributed by atoms with van der Waals surface area (Å²) in [6.07, 6.45) is 78.8. The van der Waals surface area contributed by atoms with E-state index in [2.05, 4.69) is 92.1 Å². The summed E-state index contributed by atoms with van der Waals surface area (Å²) >= 11 is 0. The highest BCUT2D eigenvalue weighted by Gasteiger charge is 2.17. The predicted molar refractivity (Wildman–Crippen MR) is 280 cm³/mol. The highest BCUT2D eigenvalue weighted by molar-refractivity contribution is 5.76. The Balaban J connectivity index is 3.60. The topological polar surface area (TPSA) is 69.6 Å². The van der Waals surface area contributed by atoms with Gasteiger partial charge in [-0.25, -0.2) is 0 Å². The number of carbonyl (C=O) groups is 1. The molecule has 4 nitrogen and oxygen atoms in total. The molecular formula is C59H105NO3. The van der Waals surface area contributed by atoms with Crippen molar-refractivity contribution in [2.24, 2.45) is 0 Å². The van der Waals surface area contributed by atoms with Crippen LogP contribution >= 0.6 is 0 Å². The second kappa shape index (κ2) is 53.9. The van der Waals surface area contributed by atoms with Crippen molar-refractivity contribution >= 4 is 5.91 Å². The summed E-state index contributed by atoms with van der Waals surface area (Å²) in [6, 6.07) is -0.654. The average Bonchev–Trinajstić information content (AvgIpc) is 3.29. The molecule has 2 unspecified atom stereocenters. The zero-order valence-corrected chi connectivity index (χ0v) is 41.8. The highest BCUT2D eigenvalue weighted by atomic mass is 16.3. The first-order chi connectivity index (χ1) is 31.2. The number of rotatable bonds is 49. The van der Waals surface area contributed by atoms with Crippen molar-refractivity contribution < 1.29 is 15.0 Å². The molecule has 0 radical (unpaired) electrons. The maximum atomic E-state index is 12.5. The summed E-state index contributed by atoms with van der Waals surface area (Å²) in [6.45, 7) is 4.19. The largest absolute Gasteiger partial charge is 0.394 e. The van der Waals surface area contributed by atoms with Crippen LogP contribution in [-0.4, -0.2) is 34.9 Å². The van der Waals surface area contributed by atoms with Gasteiger partial charge in [0.2, 0.25) is 5.91 Å². The first-order valence-electron chi connectivity index (χ1n) is 27.3. The van der Waals surface area contributed by atoms with Crippen LogP contribution in [0.1, 0.15) is 264 Å². The minimum Gasteiger partial charge on any atom is -0.394 e. The number of aliphatic hydroxyl groups excluding tert-OH is 2. The fraction of sp³-hybridized carbons (Fsp3) is 0.746. The van der Waals surface area contributed by atoms with E-state index in [1.807, 2.05) is 6.08 Å². The third kappa shape index (κ3) is 50.4. The first-order valence-corrected chi connectivity index (χ1v) is 27.3. The standard InChI is InChI=1S/C59H105NO3/c1-3-5-7-9-11-13-15-17-19-21-23-25-27-28-29-30-31-33-34-36-38-40-42-44-46-48-50-52-54-58(62)57(56-61)60-59(63)55-53-51-49-47-45-43-41-39-37-35-32-26-24-22-20-18-16-14-12-10-8-6-4-2/h6,8,12,14,18,20,24,26,36,38,44,46,52,54,57-58,61-62H,3-5,7,9-11,13,15-17,19,21-23,25,27-35,37,39-43,45,47-51,53,55-56H2,1-2H3,(H,60,63)/b8-6-,14-12-,20-18-,26-24-,38-36+,46-44+,54-52+. The predicted octanol–water partition coefficient (Wildman–Crippen LogP) is 18.0. The molecular weight excluding hydrogens is 771 g/mol. The van der Waals surface area contributed by atoms with E-state index in [4.69, 9.17) is 0 Å². The van der Waals surface area contributed by atoms with Crippen molar-refractivity contribution in [3.8, 4) is 0 Å². The summed E-state index contributed by atoms with van der Waals surface area (Å²) in [5.74, 6) is -0.0841. The van der Waals surface area contributed by atoms with Crippen LogP contribution in [0.2, 0.25) is 0 Å². The van der Waals surface area contributed by atoms with Gasteiger partial charge in [0.05, 0.1) is 18.8 Å². The molecule has 0 bridgehead atoms. The van der Waals surface area contributed by atoms with Gasteiger partial charge in [0.1, 0.15) is 0 Å². The van der Waals surface area contributed by atoms with E-state index in [9.17, 15) is 15.0 Å². The fourth-order valence-electron chi connectivity index (χ4n) is 7.97. The Hall–Kier alpha value is -2.43. The van der Waals surface area contributed by atoms with Crippen LogP contribution in [0.15, 0.2) is 85.1 Å². The van der Waals surface area contributed by atoms with Crippen LogP contribution in [-0.2, 0) is 4.79 Å². The van der Waals surface area contributed by atoms with Crippen molar-refractivity contribution in [2.45, 2.75) is 276 Å². The molecule has 0 aliphatic heterocycles. The van der Waals surface area contributed by atoms with Crippen molar-refractivity contribution in [2.75, 3.05) is 6.61 Å². The monoisotopic (exact) mass is 876 g/mol. The summed E-state index contributed by atoms with van der Waals surface area (Å²) in [5, 5.41) is 23.1. The molecule has 0 aromatic heterocycles. The van der Waals surface area contributed by atoms with Gasteiger partial charge in [-0.3, -0.25) is 4.79 Å². The molecule has 0 aliphatic carbocycles. The molecule has 0 spiro atoms. The molecule has 0 saturated carbocycles. The van der Waals surface area contributed by atoms with Crippen molar-refractivity contribution in [1.29, 1.82) is 0 Å². The minimum atomic E-state index is -0.878. The van der Waals surface area contributed by atoms with Crippen LogP contribution in [0.4, 0.5) is 0 Å². The summed E-state index contributed by atoms with van der Waals surface area (Å²) < 4.78 is 0. The minimum absolute atomic E-state index is 0.0841. The highest BCUT2D eigenvalue weighted by Crippen LogP contribution is 2.16. The lowest BCUT2D eigenvalue weighted by Gasteiger charge is -2.19. The van der Waals surface area contributed by atoms with Gasteiger partial charge in [0.15, 0.2) is 0 Å². The quantitative estimate of drug-likeness (QED) is 0.0421. The molecule has 63 heavy (non-hydrogen) atoms. The number of carbonyl (C=O) groups excluding carboxylic acids is 1. The smallest absolute Gasteiger partial charge is 0.220 e. The maximum absolute atomic E-state index is 12.5. The molecule has 3 N–H and O–H groups in total. The molecule has 4 heteroatoms. The first kappa shape index (κ1) is 60.6. The number of hydrogen-bond donors (Lipinski definition) is 3. The molecule has 364 valence electrons. The molecule has 0 fully saturated rings. The molecule has 2 atom stereocenters. The van der Waals surface area contributed by atoms with Crippen LogP contribution in [0.25, 0.3) is 0 Å². The molecule has 0 aliphatic rings. The van der Waals surface area contributed by atoms with Crippen LogP contribution in [0.3, 0.4) is 0 Å². The number of amides is 1. The Labute approximate surface area is 392 Å². The summed E-state index contributed by atoms with van der Waals surface area (Å²) in [4.78, 5) is 12.5. The second-order valence-corrected chi connectivity index (χ2v) is 18.2. The summed E-state index contributed by atoms with van der Waals surface area (Å²) in [7, 11) is 0. The molecule has 1 amide bonds. The third-order valence-electron chi connectivity index (χ3n) is 12.1. The zero-order chi connectivity index (χ0) is 45.6. The number of nitrogens with one attached hydrogen (secondary N) is 1. The second-order valence-electron chi connectivity index (χ2n) is 18.2. The van der Waals surface area contributed by atoms with Gasteiger partial charge in [-0.1, -0.05) is 259 Å². The Morgan fingerprint density at radius 1 is 0.397 bits per heavy atom. The number of allylic oxidation sites excluding steroid dienone is 13. The van der Waals surface area contributed by atoms with Crippen LogP contribution in [0, 0.1) is 0 Å². The van der Waals surface area contributed by atoms with Gasteiger partial charge in [0.25, 0.3) is 0 Å². The SMILES string of the molecule is CC/C=C\C/C=C\C/C=C\C/C=C\CCCCCCCCCCCCC(=O)NC(CO)C(O)/C=C/CC/C=C/CC/C=C/CCCCCCCCCCCCCCCCCCCC. The van der Waals surface area contributed by atoms with Gasteiger partial charge in [-0.05, 0) is 83.5 Å². The van der Waals surface area contributed by atoms with Crippen LogP contribution in [0.5, 0.6) is 0 Å². The van der Waals surface area contributed by atoms with E-state index in [1.165, 1.54) is 180 Å². The van der Waals surface area contributed by atoms with Crippen molar-refractivity contribution in [3.63, 3.8) is 0 Å². The van der Waals surface area contributed by atoms with E-state index >= 15 is 0 Å². The summed E-state index contributed by atoms with van der Waals surface area (Å²) in [5.41, 5.74) is 0. The van der Waals surface area contributed by atoms with Crippen molar-refractivity contribution in [1.82, 2.24) is 5.32 Å². The third-order valence-corrected chi connectivity index (χ3v) is 12.1. The fourth-order valence-corrected chi connectivity index (χ4v) is 7.97. The van der Waals surface area contributed by atoms with E-state index in [-0.39, 0.29) is 12.5 Å². The Kier molecular flexibility index (Phi) is 51.8. The lowest BCUT2D eigenvalue weighted by molar-refractivity contribution is -0.123. The Bertz CT molecular complexity index is 1130. The molecule has 0 heterocycles. The van der Waals surface area contributed by atoms with Gasteiger partial charge in [-0.15, -0.1) is 0 Å². The lowest BCUT2D eigenvalue weighted by atomic mass is 10.0. The zero-order valence-electron chi connectivity index (χ0n) is 41.8. The molecule has 0 aromatic rings. The van der Waals surface area contributed by atoms with Crippen molar-refractivity contribution in [3.05, 3.63) is 85.1 Å². The number of aliphatic hydroxyl groups is 2. The van der Waals surface area contributed by atoms with E-state index in [0.717, 1.165) is 64.2 Å². The van der Waals surface area contributed by atoms with Gasteiger partial charge < -0.3 is 15.5 Å². The normalized spacial score (nSPS) is 13.5. The van der Waals surface area contributed by atoms with Gasteiger partial charge in [-0.2, -0.15) is 0 Å². The maximum Gasteiger partial charge on any atom is 0.220 e. The molecule has 0 saturated heterocycles. The molecule has 0 aromatic carbocycles. The van der Waals surface area contributed by atoms with E-state index < -0.39 is 12.1 Å². The van der Waals surface area contributed by atoms with E-state index in [0.29, 0.717) is 6.42 Å². The molecule has 0 rings (SSSR count). The Morgan fingerprint density at radius 3 is 1.11 bits per heavy atom. The lowest BCUT2D eigenvalue weighted by Crippen LogP contribution is -2.45. The Morgan fingerprint density at radius 2 is 0.714 bits per heavy atom. The number of hydrogen-bond acceptors (Lipinski definition) is 3.